The predicted octanol–water partition coefficient (Wildman–Crippen LogP) is -0.211. The van der Waals surface area contributed by atoms with E-state index in [0.717, 1.165) is 0 Å². The first-order valence-corrected chi connectivity index (χ1v) is 3.46. The maximum absolute atomic E-state index is 8.81. The molecule has 0 unspecified atom stereocenters. The van der Waals surface area contributed by atoms with Crippen LogP contribution in [0.5, 0.6) is 0 Å². The van der Waals surface area contributed by atoms with Crippen LogP contribution in [0.25, 0.3) is 4.85 Å². The van der Waals surface area contributed by atoms with Crippen molar-refractivity contribution >= 4 is 18.3 Å². The van der Waals surface area contributed by atoms with Crippen molar-refractivity contribution in [1.29, 1.82) is 5.26 Å². The number of rotatable bonds is 1. The second-order valence-corrected chi connectivity index (χ2v) is 2.41. The first-order valence-electron chi connectivity index (χ1n) is 3.46. The molecule has 0 saturated carbocycles. The van der Waals surface area contributed by atoms with E-state index in [4.69, 9.17) is 21.9 Å². The minimum atomic E-state index is -1.64. The lowest BCUT2D eigenvalue weighted by atomic mass is 9.79. The lowest BCUT2D eigenvalue weighted by Crippen LogP contribution is -2.29. The van der Waals surface area contributed by atoms with Gasteiger partial charge in [-0.05, 0) is 17.6 Å². The van der Waals surface area contributed by atoms with Gasteiger partial charge in [-0.15, -0.1) is 0 Å². The van der Waals surface area contributed by atoms with Gasteiger partial charge in [-0.2, -0.15) is 5.26 Å². The number of nitriles is 1. The van der Waals surface area contributed by atoms with Gasteiger partial charge in [-0.3, -0.25) is 0 Å². The van der Waals surface area contributed by atoms with Crippen LogP contribution in [0.1, 0.15) is 5.56 Å². The number of nitrogens with zero attached hydrogens (tertiary/aromatic N) is 2. The normalized spacial score (nSPS) is 8.62. The first-order chi connectivity index (χ1) is 6.17. The van der Waals surface area contributed by atoms with E-state index in [-0.39, 0.29) is 16.7 Å². The standard InChI is InChI=1S/C8H5BN2O2/c1-11-8-3-6(5-10)2-7(4-8)9(12)13/h2-4,12-13H. The molecule has 0 amide bonds. The average Bonchev–Trinajstić information content (AvgIpc) is 2.16. The summed E-state index contributed by atoms with van der Waals surface area (Å²) >= 11 is 0. The molecule has 62 valence electrons. The van der Waals surface area contributed by atoms with Crippen molar-refractivity contribution in [2.45, 2.75) is 0 Å². The van der Waals surface area contributed by atoms with Gasteiger partial charge in [0.2, 0.25) is 0 Å². The molecule has 0 aliphatic heterocycles. The fourth-order valence-electron chi connectivity index (χ4n) is 0.913. The molecule has 1 aromatic rings. The Bertz CT molecular complexity index is 371. The molecule has 0 fully saturated rings. The van der Waals surface area contributed by atoms with E-state index >= 15 is 0 Å². The maximum Gasteiger partial charge on any atom is 0.487 e. The van der Waals surface area contributed by atoms with Crippen LogP contribution >= 0.6 is 0 Å². The van der Waals surface area contributed by atoms with Crippen LogP contribution in [0.3, 0.4) is 0 Å². The summed E-state index contributed by atoms with van der Waals surface area (Å²) < 4.78 is 0. The number of hydrogen-bond acceptors (Lipinski definition) is 3. The molecular formula is C8H5BN2O2. The molecule has 1 rings (SSSR count). The second kappa shape index (κ2) is 3.73. The molecule has 0 bridgehead atoms. The van der Waals surface area contributed by atoms with Crippen LogP contribution in [0, 0.1) is 17.9 Å². The van der Waals surface area contributed by atoms with E-state index in [0.29, 0.717) is 0 Å². The molecular weight excluding hydrogens is 167 g/mol. The zero-order chi connectivity index (χ0) is 9.84. The minimum absolute atomic E-state index is 0.157. The third-order valence-electron chi connectivity index (χ3n) is 1.50. The maximum atomic E-state index is 8.81. The van der Waals surface area contributed by atoms with E-state index < -0.39 is 7.12 Å². The van der Waals surface area contributed by atoms with Gasteiger partial charge in [0.25, 0.3) is 0 Å². The second-order valence-electron chi connectivity index (χ2n) is 2.41. The topological polar surface area (TPSA) is 68.6 Å². The van der Waals surface area contributed by atoms with E-state index in [1.54, 1.807) is 0 Å². The Morgan fingerprint density at radius 2 is 2.08 bits per heavy atom. The van der Waals surface area contributed by atoms with Crippen molar-refractivity contribution in [1.82, 2.24) is 0 Å². The van der Waals surface area contributed by atoms with E-state index in [9.17, 15) is 0 Å². The first kappa shape index (κ1) is 9.27. The van der Waals surface area contributed by atoms with E-state index in [1.165, 1.54) is 18.2 Å². The summed E-state index contributed by atoms with van der Waals surface area (Å²) in [6.45, 7) is 6.71. The molecule has 0 heterocycles. The monoisotopic (exact) mass is 172 g/mol. The van der Waals surface area contributed by atoms with E-state index in [1.807, 2.05) is 6.07 Å². The minimum Gasteiger partial charge on any atom is -0.423 e. The molecule has 0 atom stereocenters. The van der Waals surface area contributed by atoms with Crippen molar-refractivity contribution < 1.29 is 10.0 Å². The predicted molar refractivity (Wildman–Crippen MR) is 47.2 cm³/mol. The summed E-state index contributed by atoms with van der Waals surface area (Å²) in [5, 5.41) is 26.2. The molecule has 0 aliphatic rings. The Morgan fingerprint density at radius 3 is 2.54 bits per heavy atom. The molecule has 0 radical (unpaired) electrons. The van der Waals surface area contributed by atoms with Gasteiger partial charge in [0, 0.05) is 5.56 Å². The van der Waals surface area contributed by atoms with Gasteiger partial charge in [-0.1, -0.05) is 6.07 Å². The zero-order valence-electron chi connectivity index (χ0n) is 6.60. The van der Waals surface area contributed by atoms with Crippen molar-refractivity contribution in [3.05, 3.63) is 35.2 Å². The van der Waals surface area contributed by atoms with Crippen molar-refractivity contribution in [3.63, 3.8) is 0 Å². The molecule has 4 nitrogen and oxygen atoms in total. The average molecular weight is 172 g/mol. The number of hydrogen-bond donors (Lipinski definition) is 2. The van der Waals surface area contributed by atoms with Crippen LogP contribution in [0.4, 0.5) is 5.69 Å². The summed E-state index contributed by atoms with van der Waals surface area (Å²) in [6.07, 6.45) is 0. The smallest absolute Gasteiger partial charge is 0.423 e. The summed E-state index contributed by atoms with van der Waals surface area (Å²) in [7, 11) is -1.64. The molecule has 0 aliphatic carbocycles. The highest BCUT2D eigenvalue weighted by Crippen LogP contribution is 2.11. The fourth-order valence-corrected chi connectivity index (χ4v) is 0.913. The van der Waals surface area contributed by atoms with Crippen LogP contribution in [0.15, 0.2) is 18.2 Å². The fraction of sp³-hybridized carbons (Fsp3) is 0. The van der Waals surface area contributed by atoms with Gasteiger partial charge in [0.05, 0.1) is 12.6 Å². The lowest BCUT2D eigenvalue weighted by molar-refractivity contribution is 0.426. The summed E-state index contributed by atoms with van der Waals surface area (Å²) in [6, 6.07) is 5.88. The Labute approximate surface area is 75.6 Å². The Morgan fingerprint density at radius 1 is 1.38 bits per heavy atom. The number of benzene rings is 1. The molecule has 0 saturated heterocycles. The van der Waals surface area contributed by atoms with Crippen LogP contribution in [-0.4, -0.2) is 17.2 Å². The lowest BCUT2D eigenvalue weighted by Gasteiger charge is -2.00. The Balaban J connectivity index is 3.27. The molecule has 2 N–H and O–H groups in total. The van der Waals surface area contributed by atoms with Gasteiger partial charge < -0.3 is 10.0 Å². The van der Waals surface area contributed by atoms with Crippen molar-refractivity contribution in [3.8, 4) is 6.07 Å². The highest BCUT2D eigenvalue weighted by molar-refractivity contribution is 6.58. The van der Waals surface area contributed by atoms with Crippen LogP contribution < -0.4 is 5.46 Å². The largest absolute Gasteiger partial charge is 0.487 e. The summed E-state index contributed by atoms with van der Waals surface area (Å²) in [4.78, 5) is 3.10. The van der Waals surface area contributed by atoms with Gasteiger partial charge in [0.1, 0.15) is 0 Å². The third kappa shape index (κ3) is 2.06. The van der Waals surface area contributed by atoms with E-state index in [2.05, 4.69) is 4.85 Å². The highest BCUT2D eigenvalue weighted by atomic mass is 16.4. The molecule has 1 aromatic carbocycles. The molecule has 5 heteroatoms. The molecule has 13 heavy (non-hydrogen) atoms. The Kier molecular flexibility index (Phi) is 2.66. The SMILES string of the molecule is [C-]#[N+]c1cc(C#N)cc(B(O)O)c1. The van der Waals surface area contributed by atoms with Crippen molar-refractivity contribution in [2.24, 2.45) is 0 Å². The van der Waals surface area contributed by atoms with Crippen LogP contribution in [-0.2, 0) is 0 Å². The summed E-state index contributed by atoms with van der Waals surface area (Å²) in [5.41, 5.74) is 0.629. The Hall–Kier alpha value is -1.82. The zero-order valence-corrected chi connectivity index (χ0v) is 6.60. The highest BCUT2D eigenvalue weighted by Gasteiger charge is 2.12. The van der Waals surface area contributed by atoms with Gasteiger partial charge in [0.15, 0.2) is 5.69 Å². The van der Waals surface area contributed by atoms with Crippen molar-refractivity contribution in [2.75, 3.05) is 0 Å². The molecule has 0 aromatic heterocycles. The van der Waals surface area contributed by atoms with Crippen LogP contribution in [0.2, 0.25) is 0 Å². The van der Waals surface area contributed by atoms with Gasteiger partial charge >= 0.3 is 7.12 Å². The van der Waals surface area contributed by atoms with Gasteiger partial charge in [-0.25, -0.2) is 4.85 Å². The molecule has 0 spiro atoms. The quantitative estimate of drug-likeness (QED) is 0.454. The summed E-state index contributed by atoms with van der Waals surface area (Å²) in [5.74, 6) is 0. The third-order valence-corrected chi connectivity index (χ3v) is 1.50.